The Hall–Kier alpha value is -2.28. The fourth-order valence-corrected chi connectivity index (χ4v) is 2.04. The number of unbranched alkanes of at least 4 members (excludes halogenated alkanes) is 1. The van der Waals surface area contributed by atoms with Crippen molar-refractivity contribution in [3.8, 4) is 11.8 Å². The summed E-state index contributed by atoms with van der Waals surface area (Å²) in [5.41, 5.74) is -0.0575. The molecule has 1 aromatic heterocycles. The lowest BCUT2D eigenvalue weighted by Crippen LogP contribution is -2.19. The van der Waals surface area contributed by atoms with E-state index >= 15 is 0 Å². The fourth-order valence-electron chi connectivity index (χ4n) is 2.04. The predicted octanol–water partition coefficient (Wildman–Crippen LogP) is 3.09. The summed E-state index contributed by atoms with van der Waals surface area (Å²) in [6, 6.07) is 9.45. The van der Waals surface area contributed by atoms with Crippen molar-refractivity contribution in [1.82, 2.24) is 4.57 Å². The zero-order chi connectivity index (χ0) is 14.4. The summed E-state index contributed by atoms with van der Waals surface area (Å²) < 4.78 is 7.21. The Morgan fingerprint density at radius 2 is 2.20 bits per heavy atom. The van der Waals surface area contributed by atoms with Crippen LogP contribution < -0.4 is 10.3 Å². The molecule has 4 nitrogen and oxygen atoms in total. The van der Waals surface area contributed by atoms with Gasteiger partial charge >= 0.3 is 0 Å². The number of benzene rings is 1. The van der Waals surface area contributed by atoms with Crippen molar-refractivity contribution in [2.75, 3.05) is 6.61 Å². The van der Waals surface area contributed by atoms with E-state index in [4.69, 9.17) is 10.00 Å². The Kier molecular flexibility index (Phi) is 4.78. The molecule has 0 fully saturated rings. The van der Waals surface area contributed by atoms with Crippen molar-refractivity contribution < 1.29 is 4.74 Å². The second-order valence-corrected chi connectivity index (χ2v) is 4.67. The average molecular weight is 270 g/mol. The second kappa shape index (κ2) is 6.76. The van der Waals surface area contributed by atoms with Gasteiger partial charge < -0.3 is 9.30 Å². The Labute approximate surface area is 118 Å². The molecule has 4 heteroatoms. The van der Waals surface area contributed by atoms with Crippen LogP contribution in [-0.2, 0) is 6.54 Å². The number of fused-ring (bicyclic) bond motifs is 1. The van der Waals surface area contributed by atoms with Crippen LogP contribution in [0.3, 0.4) is 0 Å². The normalized spacial score (nSPS) is 10.4. The molecule has 0 aliphatic heterocycles. The third-order valence-electron chi connectivity index (χ3n) is 3.18. The van der Waals surface area contributed by atoms with Gasteiger partial charge in [0.25, 0.3) is 5.56 Å². The standard InChI is InChI=1S/C16H18N2O2/c1-2-3-11-20-14-5-6-15-13(12-14)7-10-18(16(15)19)9-4-8-17/h5-7,10,12H,2-4,9,11H2,1H3. The molecule has 0 bridgehead atoms. The van der Waals surface area contributed by atoms with E-state index in [0.29, 0.717) is 25.0 Å². The molecule has 1 aromatic carbocycles. The van der Waals surface area contributed by atoms with Crippen molar-refractivity contribution in [2.45, 2.75) is 32.7 Å². The molecule has 0 aliphatic rings. The van der Waals surface area contributed by atoms with Gasteiger partial charge in [0.15, 0.2) is 0 Å². The molecule has 0 unspecified atom stereocenters. The number of aryl methyl sites for hydroxylation is 1. The molecule has 2 aromatic rings. The van der Waals surface area contributed by atoms with Gasteiger partial charge in [-0.15, -0.1) is 0 Å². The predicted molar refractivity (Wildman–Crippen MR) is 78.8 cm³/mol. The number of hydrogen-bond donors (Lipinski definition) is 0. The minimum absolute atomic E-state index is 0.0575. The summed E-state index contributed by atoms with van der Waals surface area (Å²) in [5, 5.41) is 10.1. The van der Waals surface area contributed by atoms with Crippen LogP contribution in [0.15, 0.2) is 35.3 Å². The lowest BCUT2D eigenvalue weighted by Gasteiger charge is -2.08. The van der Waals surface area contributed by atoms with Crippen molar-refractivity contribution in [3.05, 3.63) is 40.8 Å². The third-order valence-corrected chi connectivity index (χ3v) is 3.18. The largest absolute Gasteiger partial charge is 0.494 e. The molecule has 0 radical (unpaired) electrons. The highest BCUT2D eigenvalue weighted by molar-refractivity contribution is 5.82. The van der Waals surface area contributed by atoms with E-state index in [9.17, 15) is 4.79 Å². The highest BCUT2D eigenvalue weighted by atomic mass is 16.5. The summed E-state index contributed by atoms with van der Waals surface area (Å²) in [5.74, 6) is 0.792. The van der Waals surface area contributed by atoms with Crippen LogP contribution in [0.5, 0.6) is 5.75 Å². The summed E-state index contributed by atoms with van der Waals surface area (Å²) in [6.45, 7) is 3.24. The van der Waals surface area contributed by atoms with Crippen LogP contribution in [0.25, 0.3) is 10.8 Å². The highest BCUT2D eigenvalue weighted by Crippen LogP contribution is 2.18. The van der Waals surface area contributed by atoms with Crippen molar-refractivity contribution in [1.29, 1.82) is 5.26 Å². The van der Waals surface area contributed by atoms with Gasteiger partial charge in [-0.25, -0.2) is 0 Å². The number of nitriles is 1. The van der Waals surface area contributed by atoms with E-state index in [0.717, 1.165) is 24.0 Å². The van der Waals surface area contributed by atoms with Crippen molar-refractivity contribution >= 4 is 10.8 Å². The summed E-state index contributed by atoms with van der Waals surface area (Å²) in [4.78, 5) is 12.2. The monoisotopic (exact) mass is 270 g/mol. The Balaban J connectivity index is 2.27. The maximum Gasteiger partial charge on any atom is 0.258 e. The molecule has 0 N–H and O–H groups in total. The maximum absolute atomic E-state index is 12.2. The van der Waals surface area contributed by atoms with Gasteiger partial charge in [-0.2, -0.15) is 5.26 Å². The number of ether oxygens (including phenoxy) is 1. The number of hydrogen-bond acceptors (Lipinski definition) is 3. The lowest BCUT2D eigenvalue weighted by molar-refractivity contribution is 0.310. The topological polar surface area (TPSA) is 55.0 Å². The molecule has 20 heavy (non-hydrogen) atoms. The van der Waals surface area contributed by atoms with Crippen LogP contribution in [0.4, 0.5) is 0 Å². The number of pyridine rings is 1. The van der Waals surface area contributed by atoms with Crippen LogP contribution in [0, 0.1) is 11.3 Å². The van der Waals surface area contributed by atoms with E-state index in [1.54, 1.807) is 16.8 Å². The molecule has 0 saturated carbocycles. The summed E-state index contributed by atoms with van der Waals surface area (Å²) in [7, 11) is 0. The Morgan fingerprint density at radius 3 is 2.95 bits per heavy atom. The Morgan fingerprint density at radius 1 is 1.35 bits per heavy atom. The quantitative estimate of drug-likeness (QED) is 0.758. The van der Waals surface area contributed by atoms with Gasteiger partial charge in [-0.3, -0.25) is 4.79 Å². The fraction of sp³-hybridized carbons (Fsp3) is 0.375. The van der Waals surface area contributed by atoms with E-state index in [1.807, 2.05) is 24.3 Å². The van der Waals surface area contributed by atoms with Crippen LogP contribution >= 0.6 is 0 Å². The maximum atomic E-state index is 12.2. The molecular weight excluding hydrogens is 252 g/mol. The molecule has 2 rings (SSSR count). The lowest BCUT2D eigenvalue weighted by atomic mass is 10.1. The van der Waals surface area contributed by atoms with Gasteiger partial charge in [0.2, 0.25) is 0 Å². The first-order valence-electron chi connectivity index (χ1n) is 6.89. The molecule has 0 saturated heterocycles. The first kappa shape index (κ1) is 14.1. The molecule has 104 valence electrons. The summed E-state index contributed by atoms with van der Waals surface area (Å²) in [6.07, 6.45) is 4.19. The number of rotatable bonds is 6. The molecule has 0 atom stereocenters. The minimum Gasteiger partial charge on any atom is -0.494 e. The zero-order valence-electron chi connectivity index (χ0n) is 11.6. The average Bonchev–Trinajstić information content (AvgIpc) is 2.47. The molecule has 0 spiro atoms. The van der Waals surface area contributed by atoms with E-state index in [1.165, 1.54) is 0 Å². The third kappa shape index (κ3) is 3.18. The zero-order valence-corrected chi connectivity index (χ0v) is 11.6. The summed E-state index contributed by atoms with van der Waals surface area (Å²) >= 11 is 0. The molecule has 0 aliphatic carbocycles. The molecule has 0 amide bonds. The van der Waals surface area contributed by atoms with Gasteiger partial charge in [0, 0.05) is 18.1 Å². The van der Waals surface area contributed by atoms with E-state index in [2.05, 4.69) is 6.92 Å². The number of nitrogens with zero attached hydrogens (tertiary/aromatic N) is 2. The van der Waals surface area contributed by atoms with Gasteiger partial charge in [0.1, 0.15) is 5.75 Å². The minimum atomic E-state index is -0.0575. The van der Waals surface area contributed by atoms with E-state index in [-0.39, 0.29) is 5.56 Å². The van der Waals surface area contributed by atoms with Crippen molar-refractivity contribution in [3.63, 3.8) is 0 Å². The first-order chi connectivity index (χ1) is 9.76. The second-order valence-electron chi connectivity index (χ2n) is 4.67. The van der Waals surface area contributed by atoms with Crippen LogP contribution in [0.1, 0.15) is 26.2 Å². The van der Waals surface area contributed by atoms with Gasteiger partial charge in [0.05, 0.1) is 19.1 Å². The van der Waals surface area contributed by atoms with E-state index < -0.39 is 0 Å². The van der Waals surface area contributed by atoms with Crippen LogP contribution in [-0.4, -0.2) is 11.2 Å². The smallest absolute Gasteiger partial charge is 0.258 e. The Bertz CT molecular complexity index is 683. The molecule has 1 heterocycles. The van der Waals surface area contributed by atoms with Crippen LogP contribution in [0.2, 0.25) is 0 Å². The van der Waals surface area contributed by atoms with Gasteiger partial charge in [-0.1, -0.05) is 13.3 Å². The molecular formula is C16H18N2O2. The SMILES string of the molecule is CCCCOc1ccc2c(=O)n(CCC#N)ccc2c1. The highest BCUT2D eigenvalue weighted by Gasteiger charge is 2.04. The van der Waals surface area contributed by atoms with Crippen molar-refractivity contribution in [2.24, 2.45) is 0 Å². The van der Waals surface area contributed by atoms with Gasteiger partial charge in [-0.05, 0) is 36.1 Å². The first-order valence-corrected chi connectivity index (χ1v) is 6.89. The number of aromatic nitrogens is 1.